The van der Waals surface area contributed by atoms with Gasteiger partial charge in [0.05, 0.1) is 0 Å². The number of nitrogens with zero attached hydrogens (tertiary/aromatic N) is 1. The van der Waals surface area contributed by atoms with Crippen LogP contribution in [0, 0.1) is 5.41 Å². The normalized spacial score (nSPS) is 22.7. The van der Waals surface area contributed by atoms with Gasteiger partial charge in [-0.3, -0.25) is 4.79 Å². The van der Waals surface area contributed by atoms with Crippen molar-refractivity contribution in [2.45, 2.75) is 51.4 Å². The molecule has 1 aromatic carbocycles. The summed E-state index contributed by atoms with van der Waals surface area (Å²) in [6.07, 6.45) is 0.847. The second kappa shape index (κ2) is 4.77. The Morgan fingerprint density at radius 3 is 2.00 bits per heavy atom. The predicted octanol–water partition coefficient (Wildman–Crippen LogP) is 4.25. The van der Waals surface area contributed by atoms with Crippen LogP contribution in [0.4, 0.5) is 8.78 Å². The van der Waals surface area contributed by atoms with Crippen molar-refractivity contribution in [1.29, 1.82) is 0 Å². The molecule has 1 aliphatic carbocycles. The Hall–Kier alpha value is -1.45. The molecule has 1 saturated carbocycles. The maximum absolute atomic E-state index is 13.4. The first kappa shape index (κ1) is 15.4. The highest BCUT2D eigenvalue weighted by molar-refractivity contribution is 5.94. The van der Waals surface area contributed by atoms with Crippen molar-refractivity contribution in [2.24, 2.45) is 5.41 Å². The second-order valence-corrected chi connectivity index (χ2v) is 7.78. The summed E-state index contributed by atoms with van der Waals surface area (Å²) in [7, 11) is 0. The van der Waals surface area contributed by atoms with E-state index in [9.17, 15) is 13.6 Å². The summed E-state index contributed by atoms with van der Waals surface area (Å²) in [5, 5.41) is 0. The Kier molecular flexibility index (Phi) is 3.35. The fourth-order valence-electron chi connectivity index (χ4n) is 3.36. The van der Waals surface area contributed by atoms with Gasteiger partial charge in [-0.15, -0.1) is 0 Å². The molecule has 1 amide bonds. The Balaban J connectivity index is 1.65. The summed E-state index contributed by atoms with van der Waals surface area (Å²) >= 11 is 0. The van der Waals surface area contributed by atoms with Crippen LogP contribution in [0.1, 0.15) is 56.0 Å². The highest BCUT2D eigenvalue weighted by Crippen LogP contribution is 2.65. The van der Waals surface area contributed by atoms with Crippen LogP contribution in [-0.4, -0.2) is 29.8 Å². The molecule has 1 saturated heterocycles. The minimum absolute atomic E-state index is 0.00229. The average molecular weight is 307 g/mol. The third-order valence-corrected chi connectivity index (χ3v) is 5.22. The molecule has 4 heteroatoms. The lowest BCUT2D eigenvalue weighted by Gasteiger charge is -2.32. The highest BCUT2D eigenvalue weighted by Gasteiger charge is 2.70. The molecule has 0 aromatic heterocycles. The SMILES string of the molecule is CC(C)(C)c1ccc(C(=O)N2CCC3(CC2)CC3(F)F)cc1. The Morgan fingerprint density at radius 2 is 1.59 bits per heavy atom. The number of amides is 1. The van der Waals surface area contributed by atoms with E-state index in [1.54, 1.807) is 4.90 Å². The highest BCUT2D eigenvalue weighted by atomic mass is 19.3. The quantitative estimate of drug-likeness (QED) is 0.759. The third kappa shape index (κ3) is 2.53. The van der Waals surface area contributed by atoms with E-state index in [-0.39, 0.29) is 17.7 Å². The van der Waals surface area contributed by atoms with Crippen LogP contribution in [0.5, 0.6) is 0 Å². The molecular weight excluding hydrogens is 284 g/mol. The number of rotatable bonds is 1. The number of carbonyl (C=O) groups excluding carboxylic acids is 1. The van der Waals surface area contributed by atoms with E-state index in [4.69, 9.17) is 0 Å². The molecule has 2 nitrogen and oxygen atoms in total. The zero-order chi connectivity index (χ0) is 16.2. The maximum atomic E-state index is 13.4. The second-order valence-electron chi connectivity index (χ2n) is 7.78. The van der Waals surface area contributed by atoms with Gasteiger partial charge in [0, 0.05) is 30.5 Å². The number of hydrogen-bond donors (Lipinski definition) is 0. The van der Waals surface area contributed by atoms with Gasteiger partial charge in [-0.25, -0.2) is 8.78 Å². The van der Waals surface area contributed by atoms with E-state index in [0.717, 1.165) is 0 Å². The van der Waals surface area contributed by atoms with Gasteiger partial charge in [0.25, 0.3) is 11.8 Å². The van der Waals surface area contributed by atoms with Gasteiger partial charge in [0.15, 0.2) is 0 Å². The van der Waals surface area contributed by atoms with Crippen molar-refractivity contribution in [2.75, 3.05) is 13.1 Å². The first-order valence-corrected chi connectivity index (χ1v) is 7.92. The van der Waals surface area contributed by atoms with Gasteiger partial charge < -0.3 is 4.90 Å². The van der Waals surface area contributed by atoms with Crippen LogP contribution >= 0.6 is 0 Å². The maximum Gasteiger partial charge on any atom is 0.254 e. The van der Waals surface area contributed by atoms with E-state index in [1.165, 1.54) is 5.56 Å². The molecule has 3 rings (SSSR count). The van der Waals surface area contributed by atoms with Crippen molar-refractivity contribution in [3.8, 4) is 0 Å². The minimum Gasteiger partial charge on any atom is -0.339 e. The van der Waals surface area contributed by atoms with E-state index in [2.05, 4.69) is 20.8 Å². The zero-order valence-corrected chi connectivity index (χ0v) is 13.5. The summed E-state index contributed by atoms with van der Waals surface area (Å²) in [4.78, 5) is 14.2. The average Bonchev–Trinajstić information content (AvgIpc) is 2.98. The van der Waals surface area contributed by atoms with Crippen molar-refractivity contribution >= 4 is 5.91 Å². The fourth-order valence-corrected chi connectivity index (χ4v) is 3.36. The van der Waals surface area contributed by atoms with Crippen LogP contribution < -0.4 is 0 Å². The Morgan fingerprint density at radius 1 is 1.09 bits per heavy atom. The lowest BCUT2D eigenvalue weighted by molar-refractivity contribution is 0.0284. The van der Waals surface area contributed by atoms with E-state index < -0.39 is 11.3 Å². The minimum atomic E-state index is -2.50. The van der Waals surface area contributed by atoms with E-state index >= 15 is 0 Å². The van der Waals surface area contributed by atoms with Gasteiger partial charge in [-0.1, -0.05) is 32.9 Å². The summed E-state index contributed by atoms with van der Waals surface area (Å²) in [6.45, 7) is 7.27. The van der Waals surface area contributed by atoms with Gasteiger partial charge >= 0.3 is 0 Å². The van der Waals surface area contributed by atoms with Crippen LogP contribution in [0.15, 0.2) is 24.3 Å². The smallest absolute Gasteiger partial charge is 0.254 e. The van der Waals surface area contributed by atoms with Crippen molar-refractivity contribution in [1.82, 2.24) is 4.90 Å². The molecule has 120 valence electrons. The molecule has 1 aliphatic heterocycles. The van der Waals surface area contributed by atoms with Gasteiger partial charge in [0.2, 0.25) is 0 Å². The summed E-state index contributed by atoms with van der Waals surface area (Å²) in [6, 6.07) is 7.65. The van der Waals surface area contributed by atoms with Gasteiger partial charge in [-0.2, -0.15) is 0 Å². The standard InChI is InChI=1S/C18H23F2NO/c1-16(2,3)14-6-4-13(5-7-14)15(22)21-10-8-17(9-11-21)12-18(17,19)20/h4-7H,8-12H2,1-3H3. The van der Waals surface area contributed by atoms with Crippen molar-refractivity contribution in [3.63, 3.8) is 0 Å². The lowest BCUT2D eigenvalue weighted by atomic mass is 9.86. The molecule has 0 unspecified atom stereocenters. The molecule has 1 spiro atoms. The first-order chi connectivity index (χ1) is 10.1. The number of halogens is 2. The van der Waals surface area contributed by atoms with E-state index in [0.29, 0.717) is 31.5 Å². The first-order valence-electron chi connectivity index (χ1n) is 7.92. The lowest BCUT2D eigenvalue weighted by Crippen LogP contribution is -2.40. The number of likely N-dealkylation sites (tertiary alicyclic amines) is 1. The predicted molar refractivity (Wildman–Crippen MR) is 82.3 cm³/mol. The largest absolute Gasteiger partial charge is 0.339 e. The molecule has 1 aromatic rings. The molecular formula is C18H23F2NO. The number of piperidine rings is 1. The summed E-state index contributed by atoms with van der Waals surface area (Å²) < 4.78 is 26.8. The molecule has 0 radical (unpaired) electrons. The van der Waals surface area contributed by atoms with Crippen LogP contribution in [-0.2, 0) is 5.41 Å². The number of hydrogen-bond acceptors (Lipinski definition) is 1. The fraction of sp³-hybridized carbons (Fsp3) is 0.611. The Bertz CT molecular complexity index is 578. The van der Waals surface area contributed by atoms with Gasteiger partial charge in [-0.05, 0) is 36.0 Å². The Labute approximate surface area is 130 Å². The number of benzene rings is 1. The van der Waals surface area contributed by atoms with Crippen molar-refractivity contribution in [3.05, 3.63) is 35.4 Å². The molecule has 0 atom stereocenters. The molecule has 2 fully saturated rings. The molecule has 22 heavy (non-hydrogen) atoms. The number of alkyl halides is 2. The zero-order valence-electron chi connectivity index (χ0n) is 13.5. The molecule has 2 aliphatic rings. The van der Waals surface area contributed by atoms with Crippen LogP contribution in [0.2, 0.25) is 0 Å². The molecule has 1 heterocycles. The van der Waals surface area contributed by atoms with Crippen LogP contribution in [0.25, 0.3) is 0 Å². The molecule has 0 bridgehead atoms. The summed E-state index contributed by atoms with van der Waals surface area (Å²) in [5.41, 5.74) is 1.07. The number of carbonyl (C=O) groups is 1. The third-order valence-electron chi connectivity index (χ3n) is 5.22. The molecule has 0 N–H and O–H groups in total. The van der Waals surface area contributed by atoms with Crippen LogP contribution in [0.3, 0.4) is 0 Å². The topological polar surface area (TPSA) is 20.3 Å². The summed E-state index contributed by atoms with van der Waals surface area (Å²) in [5.74, 6) is -2.55. The van der Waals surface area contributed by atoms with E-state index in [1.807, 2.05) is 24.3 Å². The monoisotopic (exact) mass is 307 g/mol. The van der Waals surface area contributed by atoms with Crippen molar-refractivity contribution < 1.29 is 13.6 Å². The van der Waals surface area contributed by atoms with Gasteiger partial charge in [0.1, 0.15) is 0 Å².